The van der Waals surface area contributed by atoms with Gasteiger partial charge in [0.2, 0.25) is 5.75 Å². The highest BCUT2D eigenvalue weighted by molar-refractivity contribution is 7.99. The molecule has 1 aromatic carbocycles. The van der Waals surface area contributed by atoms with E-state index in [-0.39, 0.29) is 5.75 Å². The zero-order valence-corrected chi connectivity index (χ0v) is 12.3. The van der Waals surface area contributed by atoms with Crippen molar-refractivity contribution in [1.29, 1.82) is 0 Å². The lowest BCUT2D eigenvalue weighted by molar-refractivity contribution is 0.338. The van der Waals surface area contributed by atoms with Crippen molar-refractivity contribution in [3.8, 4) is 17.2 Å². The Kier molecular flexibility index (Phi) is 5.22. The molecule has 1 heterocycles. The predicted octanol–water partition coefficient (Wildman–Crippen LogP) is 2.39. The number of ether oxygens (including phenoxy) is 2. The van der Waals surface area contributed by atoms with Crippen LogP contribution in [0.15, 0.2) is 12.1 Å². The summed E-state index contributed by atoms with van der Waals surface area (Å²) in [5.74, 6) is 3.41. The number of hydrogen-bond acceptors (Lipinski definition) is 5. The highest BCUT2D eigenvalue weighted by Crippen LogP contribution is 2.37. The van der Waals surface area contributed by atoms with Gasteiger partial charge >= 0.3 is 0 Å². The molecular weight excluding hydrogens is 262 g/mol. The Morgan fingerprint density at radius 2 is 2.00 bits per heavy atom. The smallest absolute Gasteiger partial charge is 0.200 e. The molecular formula is C14H21NO3S. The third kappa shape index (κ3) is 3.70. The summed E-state index contributed by atoms with van der Waals surface area (Å²) < 4.78 is 10.3. The van der Waals surface area contributed by atoms with Crippen LogP contribution >= 0.6 is 11.8 Å². The lowest BCUT2D eigenvalue weighted by atomic mass is 10.1. The summed E-state index contributed by atoms with van der Waals surface area (Å²) in [7, 11) is 3.09. The van der Waals surface area contributed by atoms with Crippen LogP contribution in [0.2, 0.25) is 0 Å². The van der Waals surface area contributed by atoms with Gasteiger partial charge in [-0.3, -0.25) is 0 Å². The maximum Gasteiger partial charge on any atom is 0.200 e. The van der Waals surface area contributed by atoms with E-state index in [1.54, 1.807) is 14.2 Å². The van der Waals surface area contributed by atoms with Crippen LogP contribution in [-0.4, -0.2) is 36.9 Å². The number of rotatable bonds is 5. The maximum absolute atomic E-state index is 9.86. The molecule has 0 radical (unpaired) electrons. The van der Waals surface area contributed by atoms with Gasteiger partial charge in [-0.25, -0.2) is 0 Å². The van der Waals surface area contributed by atoms with E-state index in [4.69, 9.17) is 9.47 Å². The number of aromatic hydroxyl groups is 1. The minimum atomic E-state index is 0.0574. The molecule has 19 heavy (non-hydrogen) atoms. The number of thioether (sulfide) groups is 1. The highest BCUT2D eigenvalue weighted by Gasteiger charge is 2.15. The van der Waals surface area contributed by atoms with Crippen molar-refractivity contribution in [2.24, 2.45) is 0 Å². The van der Waals surface area contributed by atoms with Crippen LogP contribution in [0.1, 0.15) is 18.4 Å². The third-order valence-corrected chi connectivity index (χ3v) is 4.51. The number of methoxy groups -OCH3 is 2. The lowest BCUT2D eigenvalue weighted by Crippen LogP contribution is -2.33. The van der Waals surface area contributed by atoms with Crippen LogP contribution in [0.5, 0.6) is 17.2 Å². The Morgan fingerprint density at radius 3 is 2.53 bits per heavy atom. The van der Waals surface area contributed by atoms with Crippen LogP contribution in [0.3, 0.4) is 0 Å². The van der Waals surface area contributed by atoms with E-state index in [0.717, 1.165) is 12.1 Å². The van der Waals surface area contributed by atoms with Crippen molar-refractivity contribution in [3.63, 3.8) is 0 Å². The fourth-order valence-corrected chi connectivity index (χ4v) is 3.32. The zero-order valence-electron chi connectivity index (χ0n) is 11.4. The Balaban J connectivity index is 2.02. The SMILES string of the molecule is COc1cc(CNC2CCCSC2)cc(OC)c1O. The molecule has 1 fully saturated rings. The Bertz CT molecular complexity index is 394. The number of phenolic OH excluding ortho intramolecular Hbond substituents is 1. The molecule has 0 bridgehead atoms. The maximum atomic E-state index is 9.86. The van der Waals surface area contributed by atoms with Crippen molar-refractivity contribution in [1.82, 2.24) is 5.32 Å². The van der Waals surface area contributed by atoms with Gasteiger partial charge in [0.05, 0.1) is 14.2 Å². The molecule has 0 saturated carbocycles. The first-order chi connectivity index (χ1) is 9.24. The summed E-state index contributed by atoms with van der Waals surface area (Å²) in [5, 5.41) is 13.4. The van der Waals surface area contributed by atoms with E-state index in [1.807, 2.05) is 23.9 Å². The van der Waals surface area contributed by atoms with Gasteiger partial charge in [-0.2, -0.15) is 11.8 Å². The summed E-state index contributed by atoms with van der Waals surface area (Å²) in [5.41, 5.74) is 1.06. The minimum Gasteiger partial charge on any atom is -0.502 e. The largest absolute Gasteiger partial charge is 0.502 e. The first kappa shape index (κ1) is 14.3. The topological polar surface area (TPSA) is 50.7 Å². The average Bonchev–Trinajstić information content (AvgIpc) is 2.47. The number of hydrogen-bond donors (Lipinski definition) is 2. The minimum absolute atomic E-state index is 0.0574. The summed E-state index contributed by atoms with van der Waals surface area (Å²) in [4.78, 5) is 0. The molecule has 0 aliphatic carbocycles. The predicted molar refractivity (Wildman–Crippen MR) is 78.4 cm³/mol. The standard InChI is InChI=1S/C14H21NO3S/c1-17-12-6-10(7-13(18-2)14(12)16)8-15-11-4-3-5-19-9-11/h6-7,11,15-16H,3-5,8-9H2,1-2H3. The molecule has 0 aromatic heterocycles. The van der Waals surface area contributed by atoms with Crippen molar-refractivity contribution in [2.45, 2.75) is 25.4 Å². The fourth-order valence-electron chi connectivity index (χ4n) is 2.21. The molecule has 1 aliphatic heterocycles. The van der Waals surface area contributed by atoms with Gasteiger partial charge in [-0.1, -0.05) is 0 Å². The van der Waals surface area contributed by atoms with E-state index in [1.165, 1.54) is 24.3 Å². The van der Waals surface area contributed by atoms with Gasteiger partial charge in [0, 0.05) is 18.3 Å². The van der Waals surface area contributed by atoms with Crippen molar-refractivity contribution < 1.29 is 14.6 Å². The average molecular weight is 283 g/mol. The van der Waals surface area contributed by atoms with E-state index in [2.05, 4.69) is 5.32 Å². The number of nitrogens with one attached hydrogen (secondary N) is 1. The monoisotopic (exact) mass is 283 g/mol. The molecule has 0 amide bonds. The van der Waals surface area contributed by atoms with E-state index in [9.17, 15) is 5.11 Å². The van der Waals surface area contributed by atoms with Crippen molar-refractivity contribution in [2.75, 3.05) is 25.7 Å². The van der Waals surface area contributed by atoms with Gasteiger partial charge in [0.25, 0.3) is 0 Å². The van der Waals surface area contributed by atoms with E-state index >= 15 is 0 Å². The normalized spacial score (nSPS) is 19.2. The molecule has 4 nitrogen and oxygen atoms in total. The van der Waals surface area contributed by atoms with Gasteiger partial charge in [-0.05, 0) is 36.3 Å². The molecule has 1 saturated heterocycles. The van der Waals surface area contributed by atoms with Gasteiger partial charge in [-0.15, -0.1) is 0 Å². The van der Waals surface area contributed by atoms with Crippen molar-refractivity contribution >= 4 is 11.8 Å². The van der Waals surface area contributed by atoms with Gasteiger partial charge in [0.15, 0.2) is 11.5 Å². The lowest BCUT2D eigenvalue weighted by Gasteiger charge is -2.22. The van der Waals surface area contributed by atoms with E-state index in [0.29, 0.717) is 17.5 Å². The number of benzene rings is 1. The highest BCUT2D eigenvalue weighted by atomic mass is 32.2. The third-order valence-electron chi connectivity index (χ3n) is 3.29. The molecule has 1 unspecified atom stereocenters. The van der Waals surface area contributed by atoms with Crippen LogP contribution in [0.25, 0.3) is 0 Å². The van der Waals surface area contributed by atoms with Crippen LogP contribution in [0, 0.1) is 0 Å². The van der Waals surface area contributed by atoms with Crippen molar-refractivity contribution in [3.05, 3.63) is 17.7 Å². The molecule has 106 valence electrons. The molecule has 1 aliphatic rings. The quantitative estimate of drug-likeness (QED) is 0.869. The first-order valence-electron chi connectivity index (χ1n) is 6.49. The fraction of sp³-hybridized carbons (Fsp3) is 0.571. The molecule has 2 rings (SSSR count). The summed E-state index contributed by atoms with van der Waals surface area (Å²) in [6, 6.07) is 4.27. The molecule has 0 spiro atoms. The molecule has 1 aromatic rings. The molecule has 5 heteroatoms. The Labute approximate surface area is 118 Å². The molecule has 1 atom stereocenters. The summed E-state index contributed by atoms with van der Waals surface area (Å²) in [6.45, 7) is 0.762. The van der Waals surface area contributed by atoms with Gasteiger partial charge in [0.1, 0.15) is 0 Å². The second-order valence-corrected chi connectivity index (χ2v) is 5.79. The van der Waals surface area contributed by atoms with Crippen LogP contribution < -0.4 is 14.8 Å². The molecule has 2 N–H and O–H groups in total. The zero-order chi connectivity index (χ0) is 13.7. The number of phenols is 1. The van der Waals surface area contributed by atoms with Crippen LogP contribution in [0.4, 0.5) is 0 Å². The summed E-state index contributed by atoms with van der Waals surface area (Å²) >= 11 is 2.00. The second kappa shape index (κ2) is 6.91. The van der Waals surface area contributed by atoms with Gasteiger partial charge < -0.3 is 19.9 Å². The van der Waals surface area contributed by atoms with E-state index < -0.39 is 0 Å². The Morgan fingerprint density at radius 1 is 1.32 bits per heavy atom. The Hall–Kier alpha value is -1.07. The first-order valence-corrected chi connectivity index (χ1v) is 7.65. The second-order valence-electron chi connectivity index (χ2n) is 4.64. The summed E-state index contributed by atoms with van der Waals surface area (Å²) in [6.07, 6.45) is 2.52. The van der Waals surface area contributed by atoms with Crippen LogP contribution in [-0.2, 0) is 6.54 Å².